The average Bonchev–Trinajstić information content (AvgIpc) is 3.82. The summed E-state index contributed by atoms with van der Waals surface area (Å²) in [6.07, 6.45) is 7.07. The van der Waals surface area contributed by atoms with Crippen molar-refractivity contribution in [1.29, 1.82) is 0 Å². The molecular formula is C40H47N7O7. The third kappa shape index (κ3) is 8.87. The lowest BCUT2D eigenvalue weighted by Gasteiger charge is -2.28. The number of carbonyl (C=O) groups is 3. The van der Waals surface area contributed by atoms with Gasteiger partial charge in [-0.25, -0.2) is 4.63 Å². The Morgan fingerprint density at radius 3 is 2.50 bits per heavy atom. The summed E-state index contributed by atoms with van der Waals surface area (Å²) < 4.78 is 12.3. The summed E-state index contributed by atoms with van der Waals surface area (Å²) in [6.45, 7) is 5.60. The molecule has 0 atom stereocenters. The Kier molecular flexibility index (Phi) is 12.5. The molecule has 54 heavy (non-hydrogen) atoms. The van der Waals surface area contributed by atoms with Crippen LogP contribution in [0.2, 0.25) is 0 Å². The molecule has 6 rings (SSSR count). The van der Waals surface area contributed by atoms with E-state index in [4.69, 9.17) is 4.74 Å². The zero-order chi connectivity index (χ0) is 38.0. The lowest BCUT2D eigenvalue weighted by atomic mass is 9.85. The van der Waals surface area contributed by atoms with Crippen molar-refractivity contribution in [2.75, 3.05) is 24.6 Å². The minimum absolute atomic E-state index is 0.0359. The molecule has 1 aliphatic carbocycles. The fraction of sp³-hybridized carbons (Fsp3) is 0.425. The Labute approximate surface area is 313 Å². The van der Waals surface area contributed by atoms with E-state index in [0.717, 1.165) is 54.3 Å². The number of benzene rings is 3. The molecule has 0 aliphatic heterocycles. The number of rotatable bonds is 17. The molecule has 1 fully saturated rings. The SMILES string of the molecule is CCc1cccc(N(CC)C(=O)Cn2c(C(=O)NC3CCC(C(=O)NCCCCCCOc4ccc([N+](=O)[O-])c5nonc45)CC3)cc3ccccc32)c1. The molecule has 0 bridgehead atoms. The van der Waals surface area contributed by atoms with Gasteiger partial charge in [0.05, 0.1) is 11.5 Å². The number of ether oxygens (including phenoxy) is 1. The van der Waals surface area contributed by atoms with Gasteiger partial charge in [-0.2, -0.15) is 0 Å². The van der Waals surface area contributed by atoms with Gasteiger partial charge in [0.1, 0.15) is 12.2 Å². The van der Waals surface area contributed by atoms with Crippen molar-refractivity contribution in [2.45, 2.75) is 84.2 Å². The highest BCUT2D eigenvalue weighted by atomic mass is 16.6. The van der Waals surface area contributed by atoms with Crippen LogP contribution in [0, 0.1) is 16.0 Å². The minimum Gasteiger partial charge on any atom is -0.491 e. The van der Waals surface area contributed by atoms with Crippen molar-refractivity contribution in [3.63, 3.8) is 0 Å². The van der Waals surface area contributed by atoms with E-state index >= 15 is 0 Å². The Balaban J connectivity index is 0.928. The van der Waals surface area contributed by atoms with Gasteiger partial charge in [-0.05, 0) is 98.1 Å². The van der Waals surface area contributed by atoms with E-state index in [2.05, 4.69) is 38.6 Å². The predicted molar refractivity (Wildman–Crippen MR) is 204 cm³/mol. The van der Waals surface area contributed by atoms with Crippen LogP contribution < -0.4 is 20.3 Å². The Hall–Kier alpha value is -5.79. The molecule has 2 N–H and O–H groups in total. The molecule has 3 aromatic carbocycles. The number of para-hydroxylation sites is 1. The second kappa shape index (κ2) is 17.8. The number of aryl methyl sites for hydroxylation is 1. The van der Waals surface area contributed by atoms with Crippen molar-refractivity contribution in [3.05, 3.63) is 88.1 Å². The standard InChI is InChI=1S/C40H47N7O7/c1-3-27-12-11-14-31(24-27)45(4-2)36(48)26-46-32-15-8-7-13-29(32)25-34(46)40(50)42-30-18-16-28(17-19-30)39(49)41-22-9-5-6-10-23-53-35-21-20-33(47(51)52)37-38(35)44-54-43-37/h7-8,11-15,20-21,24-25,28,30H,3-6,9-10,16-19,22-23,26H2,1-2H3,(H,41,49)(H,42,50). The quantitative estimate of drug-likeness (QED) is 0.0595. The molecule has 0 saturated heterocycles. The van der Waals surface area contributed by atoms with Crippen LogP contribution in [-0.2, 0) is 22.6 Å². The molecule has 0 radical (unpaired) electrons. The summed E-state index contributed by atoms with van der Waals surface area (Å²) in [4.78, 5) is 52.8. The van der Waals surface area contributed by atoms with Crippen LogP contribution in [0.5, 0.6) is 5.75 Å². The molecule has 2 heterocycles. The molecule has 2 aromatic heterocycles. The number of aromatic nitrogens is 3. The minimum atomic E-state index is -0.538. The molecule has 284 valence electrons. The molecule has 5 aromatic rings. The van der Waals surface area contributed by atoms with Gasteiger partial charge in [0.25, 0.3) is 5.91 Å². The van der Waals surface area contributed by atoms with Gasteiger partial charge < -0.3 is 24.8 Å². The summed E-state index contributed by atoms with van der Waals surface area (Å²) in [5, 5.41) is 25.7. The Bertz CT molecular complexity index is 2100. The topological polar surface area (TPSA) is 175 Å². The van der Waals surface area contributed by atoms with Gasteiger partial charge in [0.15, 0.2) is 11.3 Å². The third-order valence-electron chi connectivity index (χ3n) is 10.2. The largest absolute Gasteiger partial charge is 0.491 e. The summed E-state index contributed by atoms with van der Waals surface area (Å²) in [5.41, 5.74) is 3.39. The first kappa shape index (κ1) is 38.0. The number of amides is 3. The lowest BCUT2D eigenvalue weighted by Crippen LogP contribution is -2.42. The molecule has 0 spiro atoms. The van der Waals surface area contributed by atoms with Crippen LogP contribution in [0.4, 0.5) is 11.4 Å². The fourth-order valence-electron chi connectivity index (χ4n) is 7.21. The summed E-state index contributed by atoms with van der Waals surface area (Å²) in [5.74, 6) is 0.0426. The van der Waals surface area contributed by atoms with Gasteiger partial charge in [-0.3, -0.25) is 24.5 Å². The number of likely N-dealkylation sites (N-methyl/N-ethyl adjacent to an activating group) is 1. The van der Waals surface area contributed by atoms with Gasteiger partial charge in [-0.1, -0.05) is 50.1 Å². The number of anilines is 1. The molecule has 3 amide bonds. The van der Waals surface area contributed by atoms with E-state index < -0.39 is 4.92 Å². The van der Waals surface area contributed by atoms with Crippen LogP contribution >= 0.6 is 0 Å². The zero-order valence-electron chi connectivity index (χ0n) is 30.8. The zero-order valence-corrected chi connectivity index (χ0v) is 30.8. The number of nitro benzene ring substituents is 1. The number of hydrogen-bond donors (Lipinski definition) is 2. The van der Waals surface area contributed by atoms with Crippen LogP contribution in [0.3, 0.4) is 0 Å². The smallest absolute Gasteiger partial charge is 0.301 e. The monoisotopic (exact) mass is 737 g/mol. The Morgan fingerprint density at radius 1 is 0.944 bits per heavy atom. The first-order chi connectivity index (χ1) is 26.3. The molecule has 14 heteroatoms. The first-order valence-electron chi connectivity index (χ1n) is 18.9. The van der Waals surface area contributed by atoms with E-state index in [-0.39, 0.29) is 52.9 Å². The fourth-order valence-corrected chi connectivity index (χ4v) is 7.21. The van der Waals surface area contributed by atoms with Crippen LogP contribution in [0.1, 0.15) is 81.3 Å². The summed E-state index contributed by atoms with van der Waals surface area (Å²) in [7, 11) is 0. The van der Waals surface area contributed by atoms with Crippen LogP contribution in [0.25, 0.3) is 21.9 Å². The van der Waals surface area contributed by atoms with E-state index in [1.165, 1.54) is 12.1 Å². The first-order valence-corrected chi connectivity index (χ1v) is 18.9. The number of unbranched alkanes of at least 4 members (excludes halogenated alkanes) is 3. The number of nitrogens with zero attached hydrogens (tertiary/aromatic N) is 5. The maximum absolute atomic E-state index is 13.7. The number of non-ortho nitro benzene ring substituents is 1. The van der Waals surface area contributed by atoms with Gasteiger partial charge in [0, 0.05) is 47.7 Å². The normalized spacial score (nSPS) is 15.6. The molecule has 1 aliphatic rings. The van der Waals surface area contributed by atoms with Crippen LogP contribution in [0.15, 0.2) is 71.4 Å². The highest BCUT2D eigenvalue weighted by Crippen LogP contribution is 2.31. The van der Waals surface area contributed by atoms with Crippen molar-refractivity contribution in [3.8, 4) is 5.75 Å². The maximum Gasteiger partial charge on any atom is 0.301 e. The number of carbonyl (C=O) groups excluding carboxylic acids is 3. The van der Waals surface area contributed by atoms with E-state index in [9.17, 15) is 24.5 Å². The highest BCUT2D eigenvalue weighted by Gasteiger charge is 2.29. The van der Waals surface area contributed by atoms with E-state index in [1.54, 1.807) is 4.90 Å². The van der Waals surface area contributed by atoms with E-state index in [0.29, 0.717) is 56.8 Å². The van der Waals surface area contributed by atoms with Crippen molar-refractivity contribution < 1.29 is 28.7 Å². The van der Waals surface area contributed by atoms with Gasteiger partial charge in [-0.15, -0.1) is 0 Å². The van der Waals surface area contributed by atoms with Gasteiger partial charge >= 0.3 is 5.69 Å². The number of hydrogen-bond acceptors (Lipinski definition) is 9. The summed E-state index contributed by atoms with van der Waals surface area (Å²) in [6, 6.07) is 20.4. The predicted octanol–water partition coefficient (Wildman–Crippen LogP) is 6.75. The number of fused-ring (bicyclic) bond motifs is 2. The lowest BCUT2D eigenvalue weighted by molar-refractivity contribution is -0.383. The second-order valence-corrected chi connectivity index (χ2v) is 13.7. The second-order valence-electron chi connectivity index (χ2n) is 13.7. The average molecular weight is 738 g/mol. The highest BCUT2D eigenvalue weighted by molar-refractivity contribution is 6.01. The van der Waals surface area contributed by atoms with E-state index in [1.807, 2.05) is 60.0 Å². The van der Waals surface area contributed by atoms with Crippen molar-refractivity contribution in [2.24, 2.45) is 5.92 Å². The van der Waals surface area contributed by atoms with Crippen LogP contribution in [-0.4, -0.2) is 63.3 Å². The third-order valence-corrected chi connectivity index (χ3v) is 10.2. The summed E-state index contributed by atoms with van der Waals surface area (Å²) >= 11 is 0. The molecular weight excluding hydrogens is 690 g/mol. The maximum atomic E-state index is 13.7. The van der Waals surface area contributed by atoms with Crippen molar-refractivity contribution in [1.82, 2.24) is 25.5 Å². The Morgan fingerprint density at radius 2 is 1.72 bits per heavy atom. The molecule has 0 unspecified atom stereocenters. The molecule has 1 saturated carbocycles. The van der Waals surface area contributed by atoms with Gasteiger partial charge in [0.2, 0.25) is 17.3 Å². The number of nitrogens with one attached hydrogen (secondary N) is 2. The molecule has 14 nitrogen and oxygen atoms in total. The number of nitro groups is 1. The van der Waals surface area contributed by atoms with Crippen molar-refractivity contribution >= 4 is 51.0 Å².